The van der Waals surface area contributed by atoms with Crippen molar-refractivity contribution in [2.24, 2.45) is 11.7 Å². The zero-order valence-corrected chi connectivity index (χ0v) is 8.36. The average Bonchev–Trinajstić information content (AvgIpc) is 2.15. The Labute approximate surface area is 87.1 Å². The first-order chi connectivity index (χ1) is 6.97. The Morgan fingerprint density at radius 1 is 1.27 bits per heavy atom. The lowest BCUT2D eigenvalue weighted by molar-refractivity contribution is -0.139. The summed E-state index contributed by atoms with van der Waals surface area (Å²) in [7, 11) is 0. The fraction of sp³-hybridized carbons (Fsp3) is 0.778. The molecule has 15 heavy (non-hydrogen) atoms. The van der Waals surface area contributed by atoms with Crippen molar-refractivity contribution in [2.75, 3.05) is 6.67 Å². The molecule has 0 aliphatic heterocycles. The van der Waals surface area contributed by atoms with Crippen molar-refractivity contribution >= 4 is 11.9 Å². The minimum Gasteiger partial charge on any atom is -0.481 e. The highest BCUT2D eigenvalue weighted by Gasteiger charge is 2.15. The van der Waals surface area contributed by atoms with Crippen molar-refractivity contribution < 1.29 is 24.2 Å². The molecule has 0 aromatic carbocycles. The van der Waals surface area contributed by atoms with Crippen molar-refractivity contribution in [3.8, 4) is 0 Å². The van der Waals surface area contributed by atoms with Gasteiger partial charge in [-0.3, -0.25) is 14.0 Å². The number of rotatable bonds is 8. The Bertz CT molecular complexity index is 222. The highest BCUT2D eigenvalue weighted by Crippen LogP contribution is 2.14. The summed E-state index contributed by atoms with van der Waals surface area (Å²) in [5.74, 6) is -2.67. The molecule has 0 bridgehead atoms. The molecule has 0 spiro atoms. The van der Waals surface area contributed by atoms with Crippen LogP contribution >= 0.6 is 0 Å². The van der Waals surface area contributed by atoms with E-state index in [1.807, 2.05) is 0 Å². The number of hydrogen-bond donors (Lipinski definition) is 3. The maximum Gasteiger partial charge on any atom is 0.320 e. The van der Waals surface area contributed by atoms with Crippen LogP contribution in [0, 0.1) is 5.92 Å². The lowest BCUT2D eigenvalue weighted by atomic mass is 9.98. The second-order valence-corrected chi connectivity index (χ2v) is 3.49. The van der Waals surface area contributed by atoms with Gasteiger partial charge >= 0.3 is 11.9 Å². The van der Waals surface area contributed by atoms with Crippen molar-refractivity contribution in [3.63, 3.8) is 0 Å². The van der Waals surface area contributed by atoms with E-state index in [-0.39, 0.29) is 12.8 Å². The molecule has 0 saturated heterocycles. The minimum atomic E-state index is -1.09. The highest BCUT2D eigenvalue weighted by atomic mass is 18.2. The molecule has 5 nitrogen and oxygen atoms in total. The normalized spacial score (nSPS) is 14.5. The molecule has 0 aromatic rings. The van der Waals surface area contributed by atoms with Gasteiger partial charge < -0.3 is 15.9 Å². The number of halogens is 1. The van der Waals surface area contributed by atoms with E-state index in [9.17, 15) is 14.0 Å². The fourth-order valence-corrected chi connectivity index (χ4v) is 1.23. The summed E-state index contributed by atoms with van der Waals surface area (Å²) in [5.41, 5.74) is 5.24. The summed E-state index contributed by atoms with van der Waals surface area (Å²) in [6, 6.07) is -0.949. The van der Waals surface area contributed by atoms with Gasteiger partial charge in [-0.25, -0.2) is 0 Å². The zero-order valence-electron chi connectivity index (χ0n) is 8.36. The summed E-state index contributed by atoms with van der Waals surface area (Å²) in [6.07, 6.45) is 0.795. The van der Waals surface area contributed by atoms with Crippen molar-refractivity contribution in [1.82, 2.24) is 0 Å². The van der Waals surface area contributed by atoms with Crippen molar-refractivity contribution in [2.45, 2.75) is 31.7 Å². The van der Waals surface area contributed by atoms with Crippen LogP contribution in [0.2, 0.25) is 0 Å². The van der Waals surface area contributed by atoms with Gasteiger partial charge in [0.15, 0.2) is 0 Å². The maximum atomic E-state index is 12.3. The van der Waals surface area contributed by atoms with Crippen LogP contribution in [0.15, 0.2) is 0 Å². The fourth-order valence-electron chi connectivity index (χ4n) is 1.23. The van der Waals surface area contributed by atoms with Gasteiger partial charge in [-0.1, -0.05) is 6.42 Å². The second kappa shape index (κ2) is 7.17. The number of nitrogens with two attached hydrogens (primary N) is 1. The van der Waals surface area contributed by atoms with Gasteiger partial charge in [0, 0.05) is 0 Å². The SMILES string of the molecule is NC(CCCC(C[18F])CC(=O)O)C(=O)O. The molecule has 0 aliphatic rings. The summed E-state index contributed by atoms with van der Waals surface area (Å²) >= 11 is 0. The summed E-state index contributed by atoms with van der Waals surface area (Å²) in [5, 5.41) is 16.9. The van der Waals surface area contributed by atoms with Crippen LogP contribution in [0.3, 0.4) is 0 Å². The predicted molar refractivity (Wildman–Crippen MR) is 51.2 cm³/mol. The summed E-state index contributed by atoms with van der Waals surface area (Å²) in [4.78, 5) is 20.6. The number of alkyl halides is 1. The third-order valence-electron chi connectivity index (χ3n) is 2.13. The molecule has 0 fully saturated rings. The molecule has 2 unspecified atom stereocenters. The van der Waals surface area contributed by atoms with Crippen LogP contribution < -0.4 is 5.73 Å². The molecule has 0 heterocycles. The third kappa shape index (κ3) is 6.84. The topological polar surface area (TPSA) is 101 Å². The van der Waals surface area contributed by atoms with E-state index < -0.39 is 30.6 Å². The molecule has 2 atom stereocenters. The standard InChI is InChI=1S/C9H16FNO4/c10-5-6(4-8(12)13)2-1-3-7(11)9(14)15/h6-7H,1-5,11H2,(H,12,13)(H,14,15)/i10-1. The Kier molecular flexibility index (Phi) is 6.61. The number of carbonyl (C=O) groups is 2. The van der Waals surface area contributed by atoms with E-state index in [0.29, 0.717) is 12.8 Å². The summed E-state index contributed by atoms with van der Waals surface area (Å²) < 4.78 is 12.3. The summed E-state index contributed by atoms with van der Waals surface area (Å²) in [6.45, 7) is -0.700. The van der Waals surface area contributed by atoms with E-state index in [2.05, 4.69) is 0 Å². The van der Waals surface area contributed by atoms with Gasteiger partial charge in [-0.15, -0.1) is 0 Å². The molecule has 4 N–H and O–H groups in total. The lowest BCUT2D eigenvalue weighted by Gasteiger charge is -2.11. The van der Waals surface area contributed by atoms with E-state index in [0.717, 1.165) is 0 Å². The van der Waals surface area contributed by atoms with E-state index in [1.165, 1.54) is 0 Å². The predicted octanol–water partition coefficient (Wildman–Crippen LogP) is 0.629. The van der Waals surface area contributed by atoms with Crippen molar-refractivity contribution in [3.05, 3.63) is 0 Å². The number of carboxylic acids is 2. The highest BCUT2D eigenvalue weighted by molar-refractivity contribution is 5.72. The minimum absolute atomic E-state index is 0.223. The van der Waals surface area contributed by atoms with Crippen LogP contribution in [-0.4, -0.2) is 34.9 Å². The maximum absolute atomic E-state index is 12.3. The second-order valence-electron chi connectivity index (χ2n) is 3.49. The molecule has 0 aliphatic carbocycles. The van der Waals surface area contributed by atoms with E-state index in [4.69, 9.17) is 15.9 Å². The first-order valence-electron chi connectivity index (χ1n) is 4.73. The Hall–Kier alpha value is -1.17. The molecule has 88 valence electrons. The van der Waals surface area contributed by atoms with Gasteiger partial charge in [0.2, 0.25) is 0 Å². The Balaban J connectivity index is 3.72. The van der Waals surface area contributed by atoms with Crippen LogP contribution in [0.25, 0.3) is 0 Å². The van der Waals surface area contributed by atoms with Gasteiger partial charge in [0.25, 0.3) is 0 Å². The quantitative estimate of drug-likeness (QED) is 0.557. The molecule has 0 amide bonds. The van der Waals surface area contributed by atoms with Crippen LogP contribution in [-0.2, 0) is 9.59 Å². The molecule has 0 radical (unpaired) electrons. The van der Waals surface area contributed by atoms with E-state index in [1.54, 1.807) is 0 Å². The largest absolute Gasteiger partial charge is 0.481 e. The van der Waals surface area contributed by atoms with Crippen LogP contribution in [0.5, 0.6) is 0 Å². The van der Waals surface area contributed by atoms with E-state index >= 15 is 0 Å². The van der Waals surface area contributed by atoms with Gasteiger partial charge in [-0.2, -0.15) is 0 Å². The number of carboxylic acid groups (broad SMARTS) is 2. The van der Waals surface area contributed by atoms with Crippen LogP contribution in [0.1, 0.15) is 25.7 Å². The Morgan fingerprint density at radius 2 is 1.87 bits per heavy atom. The van der Waals surface area contributed by atoms with Gasteiger partial charge in [-0.05, 0) is 18.8 Å². The lowest BCUT2D eigenvalue weighted by Crippen LogP contribution is -2.30. The molecular formula is C9H16FNO4. The number of aliphatic carboxylic acids is 2. The van der Waals surface area contributed by atoms with Gasteiger partial charge in [0.05, 0.1) is 13.1 Å². The van der Waals surface area contributed by atoms with Crippen molar-refractivity contribution in [1.29, 1.82) is 0 Å². The molecular weight excluding hydrogens is 204 g/mol. The molecule has 0 saturated carbocycles. The Morgan fingerprint density at radius 3 is 2.27 bits per heavy atom. The van der Waals surface area contributed by atoms with Crippen LogP contribution in [0.4, 0.5) is 4.39 Å². The average molecular weight is 220 g/mol. The monoisotopic (exact) mass is 220 g/mol. The third-order valence-corrected chi connectivity index (χ3v) is 2.13. The number of hydrogen-bond acceptors (Lipinski definition) is 3. The first-order valence-corrected chi connectivity index (χ1v) is 4.73. The first kappa shape index (κ1) is 13.8. The molecule has 6 heteroatoms. The smallest absolute Gasteiger partial charge is 0.320 e. The zero-order chi connectivity index (χ0) is 11.8. The molecule has 0 rings (SSSR count). The molecule has 0 aromatic heterocycles. The van der Waals surface area contributed by atoms with Gasteiger partial charge in [0.1, 0.15) is 6.04 Å².